The maximum atomic E-state index is 13.2. The Hall–Kier alpha value is -2.90. The number of hydrogen-bond acceptors (Lipinski definition) is 5. The van der Waals surface area contributed by atoms with E-state index in [9.17, 15) is 13.2 Å². The summed E-state index contributed by atoms with van der Waals surface area (Å²) in [6, 6.07) is 10.2. The second kappa shape index (κ2) is 5.87. The Kier molecular flexibility index (Phi) is 3.67. The summed E-state index contributed by atoms with van der Waals surface area (Å²) in [7, 11) is 0. The molecule has 0 unspecified atom stereocenters. The van der Waals surface area contributed by atoms with Crippen LogP contribution in [0.1, 0.15) is 5.56 Å². The van der Waals surface area contributed by atoms with Crippen molar-refractivity contribution in [2.75, 3.05) is 23.3 Å². The van der Waals surface area contributed by atoms with Crippen LogP contribution in [0.3, 0.4) is 0 Å². The van der Waals surface area contributed by atoms with E-state index in [4.69, 9.17) is 0 Å². The van der Waals surface area contributed by atoms with Crippen molar-refractivity contribution in [2.24, 2.45) is 0 Å². The van der Waals surface area contributed by atoms with E-state index in [2.05, 4.69) is 20.3 Å². The van der Waals surface area contributed by atoms with Crippen LogP contribution in [-0.2, 0) is 6.54 Å². The molecule has 5 nitrogen and oxygen atoms in total. The lowest BCUT2D eigenvalue weighted by molar-refractivity contribution is -0.0265. The van der Waals surface area contributed by atoms with Crippen LogP contribution >= 0.6 is 0 Å². The van der Waals surface area contributed by atoms with Crippen molar-refractivity contribution < 1.29 is 13.2 Å². The van der Waals surface area contributed by atoms with Crippen molar-refractivity contribution in [1.29, 1.82) is 0 Å². The van der Waals surface area contributed by atoms with E-state index in [1.165, 1.54) is 17.2 Å². The minimum Gasteiger partial charge on any atom is -0.350 e. The fourth-order valence-corrected chi connectivity index (χ4v) is 2.73. The van der Waals surface area contributed by atoms with Crippen molar-refractivity contribution in [3.63, 3.8) is 0 Å². The monoisotopic (exact) mass is 345 g/mol. The maximum absolute atomic E-state index is 13.2. The van der Waals surface area contributed by atoms with Crippen molar-refractivity contribution in [1.82, 2.24) is 15.0 Å². The summed E-state index contributed by atoms with van der Waals surface area (Å²) < 4.78 is 39.3. The SMILES string of the molecule is Fc1ccc(CNc2nc(N3CC(F)(F)C3)c3ccccc3n2)cn1. The van der Waals surface area contributed by atoms with Crippen LogP contribution in [0, 0.1) is 5.95 Å². The van der Waals surface area contributed by atoms with Crippen LogP contribution in [0.25, 0.3) is 10.9 Å². The zero-order valence-corrected chi connectivity index (χ0v) is 13.1. The number of alkyl halides is 2. The first-order valence-corrected chi connectivity index (χ1v) is 7.74. The van der Waals surface area contributed by atoms with Crippen LogP contribution in [0.2, 0.25) is 0 Å². The quantitative estimate of drug-likeness (QED) is 0.736. The standard InChI is InChI=1S/C17H14F3N5/c18-14-6-5-11(7-21-14)8-22-16-23-13-4-2-1-3-12(13)15(24-16)25-9-17(19,20)10-25/h1-7H,8-10H2,(H,22,23,24). The first-order chi connectivity index (χ1) is 12.0. The van der Waals surface area contributed by atoms with Gasteiger partial charge in [0.25, 0.3) is 5.92 Å². The number of fused-ring (bicyclic) bond motifs is 1. The van der Waals surface area contributed by atoms with Gasteiger partial charge in [0.1, 0.15) is 5.82 Å². The van der Waals surface area contributed by atoms with Crippen molar-refractivity contribution in [3.8, 4) is 0 Å². The smallest absolute Gasteiger partial charge is 0.282 e. The summed E-state index contributed by atoms with van der Waals surface area (Å²) in [6.07, 6.45) is 1.42. The van der Waals surface area contributed by atoms with Gasteiger partial charge in [0.15, 0.2) is 0 Å². The third-order valence-corrected chi connectivity index (χ3v) is 3.97. The molecule has 0 amide bonds. The zero-order valence-electron chi connectivity index (χ0n) is 13.1. The van der Waals surface area contributed by atoms with E-state index in [0.29, 0.717) is 23.8 Å². The molecule has 1 aromatic carbocycles. The van der Waals surface area contributed by atoms with Gasteiger partial charge in [-0.15, -0.1) is 0 Å². The molecule has 25 heavy (non-hydrogen) atoms. The summed E-state index contributed by atoms with van der Waals surface area (Å²) in [4.78, 5) is 13.9. The average Bonchev–Trinajstić information content (AvgIpc) is 2.58. The molecule has 1 aliphatic heterocycles. The lowest BCUT2D eigenvalue weighted by Crippen LogP contribution is -2.56. The first kappa shape index (κ1) is 15.6. The molecule has 3 heterocycles. The van der Waals surface area contributed by atoms with Gasteiger partial charge in [0.05, 0.1) is 18.6 Å². The van der Waals surface area contributed by atoms with E-state index in [1.54, 1.807) is 6.07 Å². The summed E-state index contributed by atoms with van der Waals surface area (Å²) >= 11 is 0. The molecule has 0 atom stereocenters. The van der Waals surface area contributed by atoms with Gasteiger partial charge in [-0.3, -0.25) is 0 Å². The molecule has 0 bridgehead atoms. The summed E-state index contributed by atoms with van der Waals surface area (Å²) in [5.41, 5.74) is 1.43. The van der Waals surface area contributed by atoms with Gasteiger partial charge in [-0.1, -0.05) is 18.2 Å². The third kappa shape index (κ3) is 3.19. The highest BCUT2D eigenvalue weighted by atomic mass is 19.3. The molecule has 1 N–H and O–H groups in total. The summed E-state index contributed by atoms with van der Waals surface area (Å²) in [5, 5.41) is 3.77. The molecule has 0 spiro atoms. The second-order valence-electron chi connectivity index (χ2n) is 5.94. The van der Waals surface area contributed by atoms with Crippen molar-refractivity contribution in [2.45, 2.75) is 12.5 Å². The van der Waals surface area contributed by atoms with Gasteiger partial charge in [-0.2, -0.15) is 9.37 Å². The minimum absolute atomic E-state index is 0.327. The number of anilines is 2. The van der Waals surface area contributed by atoms with Crippen LogP contribution in [0.5, 0.6) is 0 Å². The van der Waals surface area contributed by atoms with E-state index in [0.717, 1.165) is 10.9 Å². The van der Waals surface area contributed by atoms with Crippen molar-refractivity contribution in [3.05, 3.63) is 54.1 Å². The molecular formula is C17H14F3N5. The molecule has 3 aromatic rings. The Bertz CT molecular complexity index is 906. The molecule has 0 radical (unpaired) electrons. The number of nitrogens with zero attached hydrogens (tertiary/aromatic N) is 4. The highest BCUT2D eigenvalue weighted by molar-refractivity contribution is 5.90. The maximum Gasteiger partial charge on any atom is 0.282 e. The Labute approximate surface area is 141 Å². The molecule has 128 valence electrons. The first-order valence-electron chi connectivity index (χ1n) is 7.74. The topological polar surface area (TPSA) is 53.9 Å². The largest absolute Gasteiger partial charge is 0.350 e. The highest BCUT2D eigenvalue weighted by Crippen LogP contribution is 2.34. The van der Waals surface area contributed by atoms with E-state index in [-0.39, 0.29) is 13.1 Å². The van der Waals surface area contributed by atoms with E-state index >= 15 is 0 Å². The zero-order chi connectivity index (χ0) is 17.4. The number of halogens is 3. The number of benzene rings is 1. The summed E-state index contributed by atoms with van der Waals surface area (Å²) in [5.74, 6) is -2.42. The van der Waals surface area contributed by atoms with E-state index < -0.39 is 11.9 Å². The predicted octanol–water partition coefficient (Wildman–Crippen LogP) is 3.23. The molecule has 1 fully saturated rings. The summed E-state index contributed by atoms with van der Waals surface area (Å²) in [6.45, 7) is -0.355. The van der Waals surface area contributed by atoms with E-state index in [1.807, 2.05) is 24.3 Å². The van der Waals surface area contributed by atoms with Gasteiger partial charge in [-0.25, -0.2) is 18.7 Å². The molecule has 0 aliphatic carbocycles. The normalized spacial score (nSPS) is 15.9. The second-order valence-corrected chi connectivity index (χ2v) is 5.94. The molecule has 8 heteroatoms. The van der Waals surface area contributed by atoms with Gasteiger partial charge < -0.3 is 10.2 Å². The molecule has 2 aromatic heterocycles. The molecule has 1 aliphatic rings. The highest BCUT2D eigenvalue weighted by Gasteiger charge is 2.45. The van der Waals surface area contributed by atoms with Gasteiger partial charge in [0, 0.05) is 18.1 Å². The number of pyridine rings is 1. The van der Waals surface area contributed by atoms with Crippen LogP contribution in [0.4, 0.5) is 24.9 Å². The number of hydrogen-bond donors (Lipinski definition) is 1. The van der Waals surface area contributed by atoms with Crippen molar-refractivity contribution >= 4 is 22.7 Å². The Morgan fingerprint density at radius 3 is 2.60 bits per heavy atom. The Morgan fingerprint density at radius 2 is 1.88 bits per heavy atom. The fraction of sp³-hybridized carbons (Fsp3) is 0.235. The lowest BCUT2D eigenvalue weighted by atomic mass is 10.1. The number of rotatable bonds is 4. The van der Waals surface area contributed by atoms with Gasteiger partial charge >= 0.3 is 0 Å². The lowest BCUT2D eigenvalue weighted by Gasteiger charge is -2.40. The van der Waals surface area contributed by atoms with Crippen LogP contribution in [0.15, 0.2) is 42.6 Å². The third-order valence-electron chi connectivity index (χ3n) is 3.97. The molecule has 0 saturated carbocycles. The number of aromatic nitrogens is 3. The molecule has 1 saturated heterocycles. The Balaban J connectivity index is 1.62. The Morgan fingerprint density at radius 1 is 1.08 bits per heavy atom. The minimum atomic E-state index is -2.68. The van der Waals surface area contributed by atoms with Crippen LogP contribution in [-0.4, -0.2) is 34.0 Å². The van der Waals surface area contributed by atoms with Crippen LogP contribution < -0.4 is 10.2 Å². The predicted molar refractivity (Wildman–Crippen MR) is 88.2 cm³/mol. The average molecular weight is 345 g/mol. The number of para-hydroxylation sites is 1. The molecule has 4 rings (SSSR count). The van der Waals surface area contributed by atoms with Gasteiger partial charge in [0.2, 0.25) is 11.9 Å². The fourth-order valence-electron chi connectivity index (χ4n) is 2.73. The van der Waals surface area contributed by atoms with Gasteiger partial charge in [-0.05, 0) is 23.8 Å². The molecular weight excluding hydrogens is 331 g/mol. The number of nitrogens with one attached hydrogen (secondary N) is 1.